The number of hydrogen-bond acceptors (Lipinski definition) is 6. The third kappa shape index (κ3) is 4.69. The van der Waals surface area contributed by atoms with Crippen molar-refractivity contribution in [3.05, 3.63) is 77.6 Å². The van der Waals surface area contributed by atoms with Crippen molar-refractivity contribution in [3.63, 3.8) is 0 Å². The van der Waals surface area contributed by atoms with Gasteiger partial charge in [0.2, 0.25) is 11.7 Å². The molecule has 4 aromatic rings. The third-order valence-electron chi connectivity index (χ3n) is 4.36. The number of benzene rings is 1. The first-order chi connectivity index (χ1) is 15.0. The monoisotopic (exact) mass is 439 g/mol. The molecule has 1 unspecified atom stereocenters. The highest BCUT2D eigenvalue weighted by Gasteiger charge is 2.23. The summed E-state index contributed by atoms with van der Waals surface area (Å²) in [6.45, 7) is 1.76. The van der Waals surface area contributed by atoms with Gasteiger partial charge in [0.15, 0.2) is 5.82 Å². The average molecular weight is 439 g/mol. The van der Waals surface area contributed by atoms with Crippen LogP contribution in [-0.4, -0.2) is 32.6 Å². The third-order valence-corrected chi connectivity index (χ3v) is 5.23. The topological polar surface area (TPSA) is 102 Å². The van der Waals surface area contributed by atoms with Gasteiger partial charge >= 0.3 is 0 Å². The maximum Gasteiger partial charge on any atom is 0.291 e. The number of halogens is 1. The van der Waals surface area contributed by atoms with E-state index >= 15 is 0 Å². The highest BCUT2D eigenvalue weighted by molar-refractivity contribution is 7.13. The second-order valence-electron chi connectivity index (χ2n) is 6.62. The van der Waals surface area contributed by atoms with Crippen LogP contribution in [0.25, 0.3) is 16.4 Å². The van der Waals surface area contributed by atoms with Crippen LogP contribution in [0.5, 0.6) is 0 Å². The second-order valence-corrected chi connectivity index (χ2v) is 7.57. The van der Waals surface area contributed by atoms with E-state index in [4.69, 9.17) is 4.42 Å². The Kier molecular flexibility index (Phi) is 5.89. The molecular formula is C21H18FN5O3S. The predicted molar refractivity (Wildman–Crippen MR) is 112 cm³/mol. The lowest BCUT2D eigenvalue weighted by Gasteiger charge is -2.12. The van der Waals surface area contributed by atoms with Gasteiger partial charge in [-0.1, -0.05) is 12.1 Å². The molecule has 0 aliphatic carbocycles. The molecule has 2 amide bonds. The lowest BCUT2D eigenvalue weighted by atomic mass is 10.3. The normalized spacial score (nSPS) is 11.8. The van der Waals surface area contributed by atoms with Gasteiger partial charge in [0.05, 0.1) is 23.4 Å². The van der Waals surface area contributed by atoms with Crippen molar-refractivity contribution in [3.8, 4) is 16.4 Å². The molecule has 0 saturated carbocycles. The summed E-state index contributed by atoms with van der Waals surface area (Å²) >= 11 is 1.42. The molecule has 4 rings (SSSR count). The van der Waals surface area contributed by atoms with E-state index in [2.05, 4.69) is 20.7 Å². The molecule has 0 aliphatic rings. The van der Waals surface area contributed by atoms with Gasteiger partial charge in [-0.2, -0.15) is 0 Å². The van der Waals surface area contributed by atoms with Gasteiger partial charge in [0.1, 0.15) is 17.6 Å². The summed E-state index contributed by atoms with van der Waals surface area (Å²) in [4.78, 5) is 30.1. The molecule has 2 N–H and O–H groups in total. The summed E-state index contributed by atoms with van der Waals surface area (Å²) < 4.78 is 20.3. The standard InChI is InChI=1S/C21H18FN5O3S/c1-13(20(28)23-12-16-7-3-9-30-16)24-21(29)18-25-19(17-8-4-10-31-17)27(26-18)15-6-2-5-14(22)11-15/h2-11,13H,12H2,1H3,(H,23,28)(H,24,29). The van der Waals surface area contributed by atoms with Crippen LogP contribution in [0.1, 0.15) is 23.3 Å². The Labute approximate surface area is 180 Å². The molecule has 0 fully saturated rings. The average Bonchev–Trinajstić information content (AvgIpc) is 3.53. The smallest absolute Gasteiger partial charge is 0.291 e. The van der Waals surface area contributed by atoms with E-state index in [-0.39, 0.29) is 18.3 Å². The van der Waals surface area contributed by atoms with E-state index < -0.39 is 17.8 Å². The van der Waals surface area contributed by atoms with Gasteiger partial charge in [-0.25, -0.2) is 14.1 Å². The first kappa shape index (κ1) is 20.5. The molecule has 0 saturated heterocycles. The van der Waals surface area contributed by atoms with Gasteiger partial charge in [-0.3, -0.25) is 9.59 Å². The minimum atomic E-state index is -0.825. The molecule has 10 heteroatoms. The number of hydrogen-bond donors (Lipinski definition) is 2. The summed E-state index contributed by atoms with van der Waals surface area (Å²) in [5, 5.41) is 11.4. The van der Waals surface area contributed by atoms with Gasteiger partial charge in [-0.05, 0) is 48.7 Å². The lowest BCUT2D eigenvalue weighted by Crippen LogP contribution is -2.44. The van der Waals surface area contributed by atoms with E-state index in [1.807, 2.05) is 17.5 Å². The van der Waals surface area contributed by atoms with Crippen LogP contribution in [0.2, 0.25) is 0 Å². The number of carbonyl (C=O) groups is 2. The van der Waals surface area contributed by atoms with Crippen LogP contribution in [0.3, 0.4) is 0 Å². The predicted octanol–water partition coefficient (Wildman–Crippen LogP) is 3.16. The van der Waals surface area contributed by atoms with Crippen molar-refractivity contribution in [1.29, 1.82) is 0 Å². The molecule has 0 bridgehead atoms. The SMILES string of the molecule is CC(NC(=O)c1nc(-c2cccs2)n(-c2cccc(F)c2)n1)C(=O)NCc1ccco1. The van der Waals surface area contributed by atoms with Crippen LogP contribution in [0.4, 0.5) is 4.39 Å². The Morgan fingerprint density at radius 2 is 2.10 bits per heavy atom. The number of thiophene rings is 1. The molecule has 31 heavy (non-hydrogen) atoms. The molecule has 3 heterocycles. The van der Waals surface area contributed by atoms with E-state index in [0.29, 0.717) is 17.3 Å². The zero-order chi connectivity index (χ0) is 21.8. The van der Waals surface area contributed by atoms with Gasteiger partial charge in [0, 0.05) is 0 Å². The van der Waals surface area contributed by atoms with E-state index in [1.165, 1.54) is 34.4 Å². The summed E-state index contributed by atoms with van der Waals surface area (Å²) in [5.74, 6) is -0.554. The Morgan fingerprint density at radius 3 is 2.81 bits per heavy atom. The zero-order valence-corrected chi connectivity index (χ0v) is 17.2. The minimum Gasteiger partial charge on any atom is -0.467 e. The Balaban J connectivity index is 1.52. The van der Waals surface area contributed by atoms with E-state index in [1.54, 1.807) is 31.2 Å². The number of furan rings is 1. The molecular weight excluding hydrogens is 421 g/mol. The number of carbonyl (C=O) groups excluding carboxylic acids is 2. The quantitative estimate of drug-likeness (QED) is 0.461. The molecule has 8 nitrogen and oxygen atoms in total. The number of nitrogens with one attached hydrogen (secondary N) is 2. The highest BCUT2D eigenvalue weighted by Crippen LogP contribution is 2.25. The largest absolute Gasteiger partial charge is 0.467 e. The van der Waals surface area contributed by atoms with E-state index in [0.717, 1.165) is 4.88 Å². The van der Waals surface area contributed by atoms with Crippen molar-refractivity contribution in [2.24, 2.45) is 0 Å². The van der Waals surface area contributed by atoms with Crippen LogP contribution in [-0.2, 0) is 11.3 Å². The van der Waals surface area contributed by atoms with E-state index in [9.17, 15) is 14.0 Å². The number of aromatic nitrogens is 3. The van der Waals surface area contributed by atoms with Crippen LogP contribution < -0.4 is 10.6 Å². The first-order valence-corrected chi connectivity index (χ1v) is 10.3. The molecule has 3 aromatic heterocycles. The van der Waals surface area contributed by atoms with Crippen LogP contribution in [0.15, 0.2) is 64.6 Å². The van der Waals surface area contributed by atoms with Gasteiger partial charge < -0.3 is 15.1 Å². The maximum absolute atomic E-state index is 13.7. The summed E-state index contributed by atoms with van der Waals surface area (Å²) in [6, 6.07) is 12.1. The van der Waals surface area contributed by atoms with Crippen molar-refractivity contribution in [1.82, 2.24) is 25.4 Å². The fraction of sp³-hybridized carbons (Fsp3) is 0.143. The maximum atomic E-state index is 13.7. The summed E-state index contributed by atoms with van der Waals surface area (Å²) in [5.41, 5.74) is 0.430. The number of rotatable bonds is 7. The lowest BCUT2D eigenvalue weighted by molar-refractivity contribution is -0.122. The fourth-order valence-electron chi connectivity index (χ4n) is 2.83. The van der Waals surface area contributed by atoms with Crippen molar-refractivity contribution >= 4 is 23.2 Å². The van der Waals surface area contributed by atoms with Crippen molar-refractivity contribution in [2.75, 3.05) is 0 Å². The molecule has 1 aromatic carbocycles. The first-order valence-electron chi connectivity index (χ1n) is 9.39. The summed E-state index contributed by atoms with van der Waals surface area (Å²) in [7, 11) is 0. The Morgan fingerprint density at radius 1 is 1.23 bits per heavy atom. The Bertz CT molecular complexity index is 1190. The minimum absolute atomic E-state index is 0.127. The summed E-state index contributed by atoms with van der Waals surface area (Å²) in [6.07, 6.45) is 1.51. The number of amides is 2. The van der Waals surface area contributed by atoms with Gasteiger partial charge in [-0.15, -0.1) is 16.4 Å². The van der Waals surface area contributed by atoms with Crippen LogP contribution >= 0.6 is 11.3 Å². The number of nitrogens with zero attached hydrogens (tertiary/aromatic N) is 3. The van der Waals surface area contributed by atoms with Crippen LogP contribution in [0, 0.1) is 5.82 Å². The van der Waals surface area contributed by atoms with Crippen molar-refractivity contribution < 1.29 is 18.4 Å². The second kappa shape index (κ2) is 8.92. The molecule has 158 valence electrons. The van der Waals surface area contributed by atoms with Crippen molar-refractivity contribution in [2.45, 2.75) is 19.5 Å². The molecule has 0 radical (unpaired) electrons. The molecule has 1 atom stereocenters. The van der Waals surface area contributed by atoms with Gasteiger partial charge in [0.25, 0.3) is 5.91 Å². The fourth-order valence-corrected chi connectivity index (χ4v) is 3.53. The Hall–Kier alpha value is -3.79. The molecule has 0 spiro atoms. The zero-order valence-electron chi connectivity index (χ0n) is 16.4. The molecule has 0 aliphatic heterocycles. The highest BCUT2D eigenvalue weighted by atomic mass is 32.1.